The Labute approximate surface area is 116 Å². The monoisotopic (exact) mass is 366 g/mol. The van der Waals surface area contributed by atoms with Gasteiger partial charge in [0, 0.05) is 24.1 Å². The summed E-state index contributed by atoms with van der Waals surface area (Å²) >= 11 is 8.31. The van der Waals surface area contributed by atoms with Gasteiger partial charge in [0.1, 0.15) is 0 Å². The molecule has 2 rings (SSSR count). The molecule has 0 saturated carbocycles. The first-order valence-corrected chi connectivity index (χ1v) is 7.63. The van der Waals surface area contributed by atoms with Crippen molar-refractivity contribution in [2.45, 2.75) is 19.3 Å². The van der Waals surface area contributed by atoms with Crippen molar-refractivity contribution in [3.05, 3.63) is 19.2 Å². The molecule has 0 spiro atoms. The Balaban J connectivity index is 1.96. The first-order chi connectivity index (χ1) is 7.66. The summed E-state index contributed by atoms with van der Waals surface area (Å²) in [5.74, 6) is 0.754. The molecular weight excluding hydrogens is 356 g/mol. The highest BCUT2D eigenvalue weighted by Gasteiger charge is 2.20. The van der Waals surface area contributed by atoms with Gasteiger partial charge in [-0.1, -0.05) is 0 Å². The van der Waals surface area contributed by atoms with E-state index in [4.69, 9.17) is 4.74 Å². The van der Waals surface area contributed by atoms with Crippen LogP contribution < -0.4 is 0 Å². The van der Waals surface area contributed by atoms with E-state index in [1.807, 2.05) is 6.07 Å². The Kier molecular flexibility index (Phi) is 4.58. The molecule has 0 aliphatic carbocycles. The predicted molar refractivity (Wildman–Crippen MR) is 72.2 cm³/mol. The summed E-state index contributed by atoms with van der Waals surface area (Å²) in [6.07, 6.45) is 2.68. The molecule has 0 unspecified atom stereocenters. The van der Waals surface area contributed by atoms with E-state index >= 15 is 0 Å². The lowest BCUT2D eigenvalue weighted by molar-refractivity contribution is 0.0602. The van der Waals surface area contributed by atoms with Crippen molar-refractivity contribution in [3.8, 4) is 0 Å². The predicted octanol–water partition coefficient (Wildman–Crippen LogP) is 4.27. The van der Waals surface area contributed by atoms with Crippen molar-refractivity contribution in [2.24, 2.45) is 5.92 Å². The molecule has 1 saturated heterocycles. The number of hydrogen-bond acceptors (Lipinski definition) is 3. The fourth-order valence-electron chi connectivity index (χ4n) is 1.80. The summed E-state index contributed by atoms with van der Waals surface area (Å²) in [6.45, 7) is 1.60. The van der Waals surface area contributed by atoms with Crippen molar-refractivity contribution in [3.63, 3.8) is 0 Å². The van der Waals surface area contributed by atoms with Crippen molar-refractivity contribution >= 4 is 49.0 Å². The van der Waals surface area contributed by atoms with Gasteiger partial charge in [-0.15, -0.1) is 11.3 Å². The minimum atomic E-state index is 0.253. The van der Waals surface area contributed by atoms with Gasteiger partial charge in [-0.2, -0.15) is 0 Å². The molecule has 0 atom stereocenters. The topological polar surface area (TPSA) is 26.3 Å². The molecule has 2 heterocycles. The smallest absolute Gasteiger partial charge is 0.173 e. The fourth-order valence-corrected chi connectivity index (χ4v) is 3.78. The van der Waals surface area contributed by atoms with Crippen LogP contribution in [0.1, 0.15) is 28.9 Å². The van der Waals surface area contributed by atoms with Gasteiger partial charge >= 0.3 is 0 Å². The zero-order chi connectivity index (χ0) is 11.5. The van der Waals surface area contributed by atoms with Crippen molar-refractivity contribution in [1.82, 2.24) is 0 Å². The zero-order valence-corrected chi connectivity index (χ0v) is 12.7. The molecule has 2 nitrogen and oxygen atoms in total. The van der Waals surface area contributed by atoms with E-state index in [-0.39, 0.29) is 5.78 Å². The van der Waals surface area contributed by atoms with E-state index < -0.39 is 0 Å². The van der Waals surface area contributed by atoms with Crippen LogP contribution in [0.4, 0.5) is 0 Å². The minimum Gasteiger partial charge on any atom is -0.381 e. The first-order valence-electron chi connectivity index (χ1n) is 5.22. The third-order valence-corrected chi connectivity index (χ3v) is 6.03. The van der Waals surface area contributed by atoms with Gasteiger partial charge in [-0.25, -0.2) is 0 Å². The SMILES string of the molecule is O=C(CC1CCOCC1)c1cc(Br)c(Br)s1. The maximum Gasteiger partial charge on any atom is 0.173 e. The number of halogens is 2. The lowest BCUT2D eigenvalue weighted by Gasteiger charge is -2.20. The van der Waals surface area contributed by atoms with Crippen LogP contribution in [0.15, 0.2) is 14.3 Å². The van der Waals surface area contributed by atoms with Crippen LogP contribution in [0.25, 0.3) is 0 Å². The number of rotatable bonds is 3. The van der Waals surface area contributed by atoms with Gasteiger partial charge in [-0.3, -0.25) is 4.79 Å². The molecule has 16 heavy (non-hydrogen) atoms. The van der Waals surface area contributed by atoms with Crippen LogP contribution in [-0.4, -0.2) is 19.0 Å². The quantitative estimate of drug-likeness (QED) is 0.745. The molecule has 0 bridgehead atoms. The van der Waals surface area contributed by atoms with Gasteiger partial charge in [0.25, 0.3) is 0 Å². The van der Waals surface area contributed by atoms with Crippen LogP contribution in [0, 0.1) is 5.92 Å². The molecular formula is C11H12Br2O2S. The van der Waals surface area contributed by atoms with Crippen LogP contribution in [0.5, 0.6) is 0 Å². The summed E-state index contributed by atoms with van der Waals surface area (Å²) in [7, 11) is 0. The summed E-state index contributed by atoms with van der Waals surface area (Å²) in [4.78, 5) is 12.8. The maximum atomic E-state index is 12.0. The van der Waals surface area contributed by atoms with Crippen LogP contribution in [0.3, 0.4) is 0 Å². The second-order valence-electron chi connectivity index (χ2n) is 3.92. The molecule has 5 heteroatoms. The third kappa shape index (κ3) is 3.15. The first kappa shape index (κ1) is 12.7. The normalized spacial score (nSPS) is 17.6. The van der Waals surface area contributed by atoms with Crippen LogP contribution in [0.2, 0.25) is 0 Å². The van der Waals surface area contributed by atoms with Gasteiger partial charge in [0.05, 0.1) is 8.66 Å². The number of ketones is 1. The molecule has 0 amide bonds. The summed E-state index contributed by atoms with van der Waals surface area (Å²) in [5.41, 5.74) is 0. The standard InChI is InChI=1S/C11H12Br2O2S/c12-8-6-10(16-11(8)13)9(14)5-7-1-3-15-4-2-7/h6-7H,1-5H2. The molecule has 1 fully saturated rings. The number of thiophene rings is 1. The lowest BCUT2D eigenvalue weighted by atomic mass is 9.94. The molecule has 0 aromatic carbocycles. The Morgan fingerprint density at radius 2 is 2.12 bits per heavy atom. The highest BCUT2D eigenvalue weighted by atomic mass is 79.9. The Morgan fingerprint density at radius 3 is 2.69 bits per heavy atom. The number of carbonyl (C=O) groups is 1. The summed E-state index contributed by atoms with van der Waals surface area (Å²) in [5, 5.41) is 0. The van der Waals surface area contributed by atoms with E-state index in [1.54, 1.807) is 0 Å². The minimum absolute atomic E-state index is 0.253. The number of ether oxygens (including phenoxy) is 1. The Bertz CT molecular complexity index is 364. The lowest BCUT2D eigenvalue weighted by Crippen LogP contribution is -2.18. The molecule has 1 aromatic heterocycles. The van der Waals surface area contributed by atoms with Crippen LogP contribution >= 0.6 is 43.2 Å². The van der Waals surface area contributed by atoms with Crippen molar-refractivity contribution < 1.29 is 9.53 Å². The molecule has 1 aliphatic rings. The second kappa shape index (κ2) is 5.76. The number of hydrogen-bond donors (Lipinski definition) is 0. The number of carbonyl (C=O) groups excluding carboxylic acids is 1. The second-order valence-corrected chi connectivity index (χ2v) is 7.14. The van der Waals surface area contributed by atoms with Gasteiger partial charge in [-0.05, 0) is 56.7 Å². The average molecular weight is 368 g/mol. The largest absolute Gasteiger partial charge is 0.381 e. The summed E-state index contributed by atoms with van der Waals surface area (Å²) < 4.78 is 7.24. The van der Waals surface area contributed by atoms with Crippen molar-refractivity contribution in [2.75, 3.05) is 13.2 Å². The Hall–Kier alpha value is 0.290. The highest BCUT2D eigenvalue weighted by Crippen LogP contribution is 2.34. The van der Waals surface area contributed by atoms with E-state index in [0.717, 1.165) is 39.2 Å². The maximum absolute atomic E-state index is 12.0. The third-order valence-electron chi connectivity index (χ3n) is 2.73. The van der Waals surface area contributed by atoms with Gasteiger partial charge < -0.3 is 4.74 Å². The molecule has 0 N–H and O–H groups in total. The van der Waals surface area contributed by atoms with E-state index in [0.29, 0.717) is 12.3 Å². The molecule has 1 aliphatic heterocycles. The van der Waals surface area contributed by atoms with E-state index in [9.17, 15) is 4.79 Å². The Morgan fingerprint density at radius 1 is 1.44 bits per heavy atom. The van der Waals surface area contributed by atoms with Gasteiger partial charge in [0.2, 0.25) is 0 Å². The zero-order valence-electron chi connectivity index (χ0n) is 8.67. The van der Waals surface area contributed by atoms with E-state index in [1.165, 1.54) is 11.3 Å². The van der Waals surface area contributed by atoms with Crippen LogP contribution in [-0.2, 0) is 4.74 Å². The number of Topliss-reactive ketones (excluding diaryl/α,β-unsaturated/α-hetero) is 1. The molecule has 88 valence electrons. The fraction of sp³-hybridized carbons (Fsp3) is 0.545. The van der Waals surface area contributed by atoms with Gasteiger partial charge in [0.15, 0.2) is 5.78 Å². The van der Waals surface area contributed by atoms with Crippen molar-refractivity contribution in [1.29, 1.82) is 0 Å². The molecule has 1 aromatic rings. The highest BCUT2D eigenvalue weighted by molar-refractivity contribution is 9.13. The average Bonchev–Trinajstić information content (AvgIpc) is 2.61. The molecule has 0 radical (unpaired) electrons. The van der Waals surface area contributed by atoms with E-state index in [2.05, 4.69) is 31.9 Å². The summed E-state index contributed by atoms with van der Waals surface area (Å²) in [6, 6.07) is 1.90.